The van der Waals surface area contributed by atoms with Crippen LogP contribution in [0.4, 0.5) is 0 Å². The van der Waals surface area contributed by atoms with Gasteiger partial charge in [0.1, 0.15) is 0 Å². The third kappa shape index (κ3) is 14.9. The number of ether oxygens (including phenoxy) is 1. The van der Waals surface area contributed by atoms with Gasteiger partial charge in [-0.05, 0) is 6.42 Å². The molecule has 0 aromatic rings. The average Bonchev–Trinajstić information content (AvgIpc) is 2.62. The Labute approximate surface area is 153 Å². The third-order valence-electron chi connectivity index (χ3n) is 4.51. The molecule has 0 rings (SSSR count). The maximum Gasteiger partial charge on any atom is 0.330 e. The Hall–Kier alpha value is -1.10. The van der Waals surface area contributed by atoms with E-state index in [1.165, 1.54) is 71.3 Å². The molecule has 5 nitrogen and oxygen atoms in total. The summed E-state index contributed by atoms with van der Waals surface area (Å²) in [6, 6.07) is -0.945. The minimum Gasteiger partial charge on any atom is -0.467 e. The SMILES string of the molecule is CCCCCCCCCCCCCCCC(=O)NC(CO)C(=O)OC. The smallest absolute Gasteiger partial charge is 0.330 e. The summed E-state index contributed by atoms with van der Waals surface area (Å²) in [5.41, 5.74) is 0. The topological polar surface area (TPSA) is 75.6 Å². The van der Waals surface area contributed by atoms with Crippen LogP contribution in [0.5, 0.6) is 0 Å². The molecule has 0 aliphatic heterocycles. The second-order valence-electron chi connectivity index (χ2n) is 6.82. The third-order valence-corrected chi connectivity index (χ3v) is 4.51. The highest BCUT2D eigenvalue weighted by atomic mass is 16.5. The first-order chi connectivity index (χ1) is 12.2. The van der Waals surface area contributed by atoms with Crippen molar-refractivity contribution in [3.05, 3.63) is 0 Å². The summed E-state index contributed by atoms with van der Waals surface area (Å²) in [5, 5.41) is 11.5. The Morgan fingerprint density at radius 3 is 1.68 bits per heavy atom. The highest BCUT2D eigenvalue weighted by Crippen LogP contribution is 2.12. The van der Waals surface area contributed by atoms with Crippen molar-refractivity contribution >= 4 is 11.9 Å². The van der Waals surface area contributed by atoms with Gasteiger partial charge in [0.15, 0.2) is 6.04 Å². The maximum atomic E-state index is 11.7. The summed E-state index contributed by atoms with van der Waals surface area (Å²) in [4.78, 5) is 23.0. The van der Waals surface area contributed by atoms with Crippen LogP contribution >= 0.6 is 0 Å². The number of aliphatic hydroxyl groups excluding tert-OH is 1. The zero-order valence-electron chi connectivity index (χ0n) is 16.4. The largest absolute Gasteiger partial charge is 0.467 e. The van der Waals surface area contributed by atoms with Crippen molar-refractivity contribution in [3.63, 3.8) is 0 Å². The molecule has 1 unspecified atom stereocenters. The second kappa shape index (κ2) is 17.7. The van der Waals surface area contributed by atoms with Crippen LogP contribution in [0.1, 0.15) is 96.8 Å². The van der Waals surface area contributed by atoms with Gasteiger partial charge < -0.3 is 15.2 Å². The van der Waals surface area contributed by atoms with E-state index in [-0.39, 0.29) is 5.91 Å². The maximum absolute atomic E-state index is 11.7. The lowest BCUT2D eigenvalue weighted by molar-refractivity contribution is -0.146. The Balaban J connectivity index is 3.37. The summed E-state index contributed by atoms with van der Waals surface area (Å²) < 4.78 is 4.51. The van der Waals surface area contributed by atoms with Gasteiger partial charge in [0, 0.05) is 6.42 Å². The molecule has 148 valence electrons. The van der Waals surface area contributed by atoms with Crippen molar-refractivity contribution in [2.75, 3.05) is 13.7 Å². The van der Waals surface area contributed by atoms with Crippen LogP contribution in [0.2, 0.25) is 0 Å². The normalized spacial score (nSPS) is 12.0. The molecule has 0 aromatic heterocycles. The summed E-state index contributed by atoms with van der Waals surface area (Å²) in [6.07, 6.45) is 16.8. The van der Waals surface area contributed by atoms with Crippen LogP contribution in [-0.4, -0.2) is 36.7 Å². The van der Waals surface area contributed by atoms with E-state index in [0.29, 0.717) is 6.42 Å². The molecular weight excluding hydrogens is 318 g/mol. The zero-order chi connectivity index (χ0) is 18.8. The number of unbranched alkanes of at least 4 members (excludes halogenated alkanes) is 12. The number of carbonyl (C=O) groups is 2. The molecule has 1 atom stereocenters. The average molecular weight is 358 g/mol. The first-order valence-corrected chi connectivity index (χ1v) is 10.1. The van der Waals surface area contributed by atoms with Crippen LogP contribution in [0.25, 0.3) is 0 Å². The molecule has 5 heteroatoms. The van der Waals surface area contributed by atoms with E-state index in [0.717, 1.165) is 19.3 Å². The van der Waals surface area contributed by atoms with Crippen molar-refractivity contribution < 1.29 is 19.4 Å². The van der Waals surface area contributed by atoms with Crippen molar-refractivity contribution in [3.8, 4) is 0 Å². The van der Waals surface area contributed by atoms with E-state index in [4.69, 9.17) is 5.11 Å². The van der Waals surface area contributed by atoms with Gasteiger partial charge in [0.05, 0.1) is 13.7 Å². The molecule has 0 fully saturated rings. The minimum absolute atomic E-state index is 0.201. The number of hydrogen-bond donors (Lipinski definition) is 2. The number of nitrogens with one attached hydrogen (secondary N) is 1. The fourth-order valence-electron chi connectivity index (χ4n) is 2.89. The van der Waals surface area contributed by atoms with Gasteiger partial charge in [-0.25, -0.2) is 4.79 Å². The van der Waals surface area contributed by atoms with Crippen LogP contribution in [-0.2, 0) is 14.3 Å². The molecule has 25 heavy (non-hydrogen) atoms. The van der Waals surface area contributed by atoms with Crippen molar-refractivity contribution in [1.82, 2.24) is 5.32 Å². The summed E-state index contributed by atoms with van der Waals surface area (Å²) >= 11 is 0. The van der Waals surface area contributed by atoms with Gasteiger partial charge >= 0.3 is 5.97 Å². The number of esters is 1. The highest BCUT2D eigenvalue weighted by molar-refractivity contribution is 5.84. The fraction of sp³-hybridized carbons (Fsp3) is 0.900. The predicted molar refractivity (Wildman–Crippen MR) is 101 cm³/mol. The molecule has 0 saturated carbocycles. The van der Waals surface area contributed by atoms with E-state index in [1.807, 2.05) is 0 Å². The number of carbonyl (C=O) groups excluding carboxylic acids is 2. The molecule has 0 spiro atoms. The van der Waals surface area contributed by atoms with Crippen LogP contribution in [0.3, 0.4) is 0 Å². The lowest BCUT2D eigenvalue weighted by Crippen LogP contribution is -2.43. The Morgan fingerprint density at radius 1 is 0.840 bits per heavy atom. The zero-order valence-corrected chi connectivity index (χ0v) is 16.4. The molecule has 0 aromatic carbocycles. The van der Waals surface area contributed by atoms with Crippen molar-refractivity contribution in [1.29, 1.82) is 0 Å². The molecule has 0 saturated heterocycles. The minimum atomic E-state index is -0.945. The van der Waals surface area contributed by atoms with Gasteiger partial charge in [0.25, 0.3) is 0 Å². The molecule has 1 amide bonds. The number of rotatable bonds is 17. The number of aliphatic hydroxyl groups is 1. The van der Waals surface area contributed by atoms with Crippen molar-refractivity contribution in [2.45, 2.75) is 103 Å². The number of hydrogen-bond acceptors (Lipinski definition) is 4. The lowest BCUT2D eigenvalue weighted by Gasteiger charge is -2.13. The number of amides is 1. The first kappa shape index (κ1) is 23.9. The molecule has 2 N–H and O–H groups in total. The summed E-state index contributed by atoms with van der Waals surface area (Å²) in [7, 11) is 1.24. The van der Waals surface area contributed by atoms with Crippen LogP contribution < -0.4 is 5.32 Å². The van der Waals surface area contributed by atoms with Gasteiger partial charge in [-0.2, -0.15) is 0 Å². The predicted octanol–water partition coefficient (Wildman–Crippen LogP) is 4.12. The Morgan fingerprint density at radius 2 is 1.28 bits per heavy atom. The van der Waals surface area contributed by atoms with Gasteiger partial charge in [-0.3, -0.25) is 4.79 Å². The van der Waals surface area contributed by atoms with Gasteiger partial charge in [0.2, 0.25) is 5.91 Å². The second-order valence-corrected chi connectivity index (χ2v) is 6.82. The standard InChI is InChI=1S/C20H39NO4/c1-3-4-5-6-7-8-9-10-11-12-13-14-15-16-19(23)21-18(17-22)20(24)25-2/h18,22H,3-17H2,1-2H3,(H,21,23). The van der Waals surface area contributed by atoms with E-state index >= 15 is 0 Å². The Bertz CT molecular complexity index is 334. The fourth-order valence-corrected chi connectivity index (χ4v) is 2.89. The van der Waals surface area contributed by atoms with E-state index in [2.05, 4.69) is 17.0 Å². The van der Waals surface area contributed by atoms with Crippen molar-refractivity contribution in [2.24, 2.45) is 0 Å². The molecule has 0 aliphatic carbocycles. The quantitative estimate of drug-likeness (QED) is 0.303. The van der Waals surface area contributed by atoms with Gasteiger partial charge in [-0.15, -0.1) is 0 Å². The molecule has 0 heterocycles. The molecular formula is C20H39NO4. The lowest BCUT2D eigenvalue weighted by atomic mass is 10.0. The van der Waals surface area contributed by atoms with E-state index < -0.39 is 18.6 Å². The molecule has 0 radical (unpaired) electrons. The monoisotopic (exact) mass is 357 g/mol. The van der Waals surface area contributed by atoms with Crippen LogP contribution in [0.15, 0.2) is 0 Å². The van der Waals surface area contributed by atoms with E-state index in [9.17, 15) is 9.59 Å². The Kier molecular flexibility index (Phi) is 16.9. The summed E-state index contributed by atoms with van der Waals surface area (Å²) in [5.74, 6) is -0.811. The highest BCUT2D eigenvalue weighted by Gasteiger charge is 2.19. The summed E-state index contributed by atoms with van der Waals surface area (Å²) in [6.45, 7) is 1.82. The molecule has 0 aliphatic rings. The first-order valence-electron chi connectivity index (χ1n) is 10.1. The van der Waals surface area contributed by atoms with E-state index in [1.54, 1.807) is 0 Å². The number of methoxy groups -OCH3 is 1. The van der Waals surface area contributed by atoms with Gasteiger partial charge in [-0.1, -0.05) is 84.0 Å². The molecule has 0 bridgehead atoms. The van der Waals surface area contributed by atoms with Crippen LogP contribution in [0, 0.1) is 0 Å².